The third-order valence-electron chi connectivity index (χ3n) is 3.51. The Balaban J connectivity index is 1.73. The summed E-state index contributed by atoms with van der Waals surface area (Å²) in [5.41, 5.74) is 6.77. The summed E-state index contributed by atoms with van der Waals surface area (Å²) in [6.07, 6.45) is 0. The molecule has 0 amide bonds. The fraction of sp³-hybridized carbons (Fsp3) is 0.211. The van der Waals surface area contributed by atoms with Crippen LogP contribution in [0.3, 0.4) is 0 Å². The molecule has 0 aliphatic heterocycles. The summed E-state index contributed by atoms with van der Waals surface area (Å²) in [4.78, 5) is 14.1. The number of nitrogens with two attached hydrogens (primary N) is 1. The first-order valence-corrected chi connectivity index (χ1v) is 9.25. The van der Waals surface area contributed by atoms with Crippen LogP contribution in [0.25, 0.3) is 0 Å². The SMILES string of the molecule is CCOc1ccc(SC(C)c2nc(N)nc(Nc3ccccc3)n2)cc1. The topological polar surface area (TPSA) is 86.0 Å². The van der Waals surface area contributed by atoms with Gasteiger partial charge in [0.1, 0.15) is 11.6 Å². The summed E-state index contributed by atoms with van der Waals surface area (Å²) in [5.74, 6) is 2.14. The van der Waals surface area contributed by atoms with Gasteiger partial charge in [-0.3, -0.25) is 0 Å². The Morgan fingerprint density at radius 2 is 1.77 bits per heavy atom. The fourth-order valence-electron chi connectivity index (χ4n) is 2.34. The number of anilines is 3. The Morgan fingerprint density at radius 3 is 2.46 bits per heavy atom. The van der Waals surface area contributed by atoms with E-state index in [0.717, 1.165) is 16.3 Å². The average Bonchev–Trinajstić information content (AvgIpc) is 2.64. The molecule has 0 saturated heterocycles. The zero-order valence-corrected chi connectivity index (χ0v) is 15.5. The Hall–Kier alpha value is -2.80. The lowest BCUT2D eigenvalue weighted by Crippen LogP contribution is -2.08. The van der Waals surface area contributed by atoms with Gasteiger partial charge in [0.05, 0.1) is 11.9 Å². The number of nitrogen functional groups attached to an aromatic ring is 1. The lowest BCUT2D eigenvalue weighted by Gasteiger charge is -2.12. The van der Waals surface area contributed by atoms with E-state index >= 15 is 0 Å². The van der Waals surface area contributed by atoms with Crippen LogP contribution in [0.2, 0.25) is 0 Å². The minimum atomic E-state index is 0.0227. The summed E-state index contributed by atoms with van der Waals surface area (Å²) >= 11 is 1.66. The number of para-hydroxylation sites is 1. The standard InChI is InChI=1S/C19H21N5OS/c1-3-25-15-9-11-16(12-10-15)26-13(2)17-22-18(20)24-19(23-17)21-14-7-5-4-6-8-14/h4-13H,3H2,1-2H3,(H3,20,21,22,23,24). The van der Waals surface area contributed by atoms with E-state index in [-0.39, 0.29) is 11.2 Å². The number of nitrogens with one attached hydrogen (secondary N) is 1. The quantitative estimate of drug-likeness (QED) is 0.597. The summed E-state index contributed by atoms with van der Waals surface area (Å²) in [5, 5.41) is 3.18. The minimum Gasteiger partial charge on any atom is -0.494 e. The zero-order valence-electron chi connectivity index (χ0n) is 14.7. The third kappa shape index (κ3) is 4.86. The summed E-state index contributed by atoms with van der Waals surface area (Å²) in [6, 6.07) is 17.7. The zero-order chi connectivity index (χ0) is 18.4. The van der Waals surface area contributed by atoms with Gasteiger partial charge in [-0.15, -0.1) is 11.8 Å². The molecular weight excluding hydrogens is 346 g/mol. The Labute approximate surface area is 157 Å². The van der Waals surface area contributed by atoms with Crippen LogP contribution in [0.5, 0.6) is 5.75 Å². The highest BCUT2D eigenvalue weighted by Crippen LogP contribution is 2.34. The Bertz CT molecular complexity index is 842. The predicted octanol–water partition coefficient (Wildman–Crippen LogP) is 4.45. The Kier molecular flexibility index (Phi) is 5.91. The second-order valence-electron chi connectivity index (χ2n) is 5.53. The lowest BCUT2D eigenvalue weighted by molar-refractivity contribution is 0.340. The van der Waals surface area contributed by atoms with E-state index in [1.54, 1.807) is 11.8 Å². The van der Waals surface area contributed by atoms with E-state index in [1.165, 1.54) is 0 Å². The average molecular weight is 367 g/mol. The van der Waals surface area contributed by atoms with Crippen molar-refractivity contribution in [3.05, 3.63) is 60.4 Å². The van der Waals surface area contributed by atoms with Crippen molar-refractivity contribution in [2.75, 3.05) is 17.7 Å². The highest BCUT2D eigenvalue weighted by molar-refractivity contribution is 7.99. The van der Waals surface area contributed by atoms with Crippen molar-refractivity contribution < 1.29 is 4.74 Å². The van der Waals surface area contributed by atoms with Gasteiger partial charge < -0.3 is 15.8 Å². The molecule has 1 aromatic heterocycles. The first-order chi connectivity index (χ1) is 12.6. The summed E-state index contributed by atoms with van der Waals surface area (Å²) in [6.45, 7) is 4.67. The van der Waals surface area contributed by atoms with Gasteiger partial charge in [0.15, 0.2) is 0 Å². The number of nitrogens with zero attached hydrogens (tertiary/aromatic N) is 3. The Morgan fingerprint density at radius 1 is 1.04 bits per heavy atom. The number of hydrogen-bond acceptors (Lipinski definition) is 7. The molecule has 3 N–H and O–H groups in total. The van der Waals surface area contributed by atoms with Crippen LogP contribution in [-0.4, -0.2) is 21.6 Å². The second kappa shape index (κ2) is 8.53. The molecule has 0 radical (unpaired) electrons. The molecule has 0 aliphatic carbocycles. The maximum Gasteiger partial charge on any atom is 0.232 e. The van der Waals surface area contributed by atoms with Crippen LogP contribution in [0.4, 0.5) is 17.6 Å². The molecule has 26 heavy (non-hydrogen) atoms. The number of hydrogen-bond donors (Lipinski definition) is 2. The van der Waals surface area contributed by atoms with E-state index in [2.05, 4.69) is 20.3 Å². The second-order valence-corrected chi connectivity index (χ2v) is 6.95. The van der Waals surface area contributed by atoms with Crippen LogP contribution in [0.1, 0.15) is 24.9 Å². The molecule has 0 saturated carbocycles. The highest BCUT2D eigenvalue weighted by Gasteiger charge is 2.14. The van der Waals surface area contributed by atoms with Gasteiger partial charge in [-0.1, -0.05) is 18.2 Å². The summed E-state index contributed by atoms with van der Waals surface area (Å²) < 4.78 is 5.47. The van der Waals surface area contributed by atoms with Crippen molar-refractivity contribution in [1.82, 2.24) is 15.0 Å². The molecule has 3 aromatic rings. The number of ether oxygens (including phenoxy) is 1. The van der Waals surface area contributed by atoms with Crippen molar-refractivity contribution in [3.63, 3.8) is 0 Å². The predicted molar refractivity (Wildman–Crippen MR) is 106 cm³/mol. The molecule has 6 nitrogen and oxygen atoms in total. The molecule has 2 aromatic carbocycles. The van der Waals surface area contributed by atoms with Crippen LogP contribution < -0.4 is 15.8 Å². The third-order valence-corrected chi connectivity index (χ3v) is 4.62. The van der Waals surface area contributed by atoms with Crippen molar-refractivity contribution >= 4 is 29.3 Å². The number of thioether (sulfide) groups is 1. The summed E-state index contributed by atoms with van der Waals surface area (Å²) in [7, 11) is 0. The molecule has 134 valence electrons. The highest BCUT2D eigenvalue weighted by atomic mass is 32.2. The van der Waals surface area contributed by atoms with Crippen molar-refractivity contribution in [2.45, 2.75) is 24.0 Å². The van der Waals surface area contributed by atoms with Crippen LogP contribution >= 0.6 is 11.8 Å². The molecular formula is C19H21N5OS. The largest absolute Gasteiger partial charge is 0.494 e. The number of aromatic nitrogens is 3. The van der Waals surface area contributed by atoms with E-state index in [4.69, 9.17) is 10.5 Å². The van der Waals surface area contributed by atoms with Crippen LogP contribution in [0.15, 0.2) is 59.5 Å². The van der Waals surface area contributed by atoms with E-state index < -0.39 is 0 Å². The van der Waals surface area contributed by atoms with Crippen molar-refractivity contribution in [3.8, 4) is 5.75 Å². The number of rotatable bonds is 7. The molecule has 1 heterocycles. The van der Waals surface area contributed by atoms with E-state index in [1.807, 2.05) is 68.4 Å². The maximum absolute atomic E-state index is 5.87. The monoisotopic (exact) mass is 367 g/mol. The first-order valence-electron chi connectivity index (χ1n) is 8.37. The molecule has 3 rings (SSSR count). The van der Waals surface area contributed by atoms with Gasteiger partial charge in [-0.05, 0) is 50.2 Å². The van der Waals surface area contributed by atoms with E-state index in [0.29, 0.717) is 18.4 Å². The molecule has 0 aliphatic rings. The van der Waals surface area contributed by atoms with Gasteiger partial charge in [0.25, 0.3) is 0 Å². The first kappa shape index (κ1) is 18.0. The molecule has 0 spiro atoms. The van der Waals surface area contributed by atoms with E-state index in [9.17, 15) is 0 Å². The van der Waals surface area contributed by atoms with Crippen molar-refractivity contribution in [1.29, 1.82) is 0 Å². The molecule has 0 bridgehead atoms. The van der Waals surface area contributed by atoms with Gasteiger partial charge in [-0.25, -0.2) is 0 Å². The molecule has 7 heteroatoms. The van der Waals surface area contributed by atoms with Gasteiger partial charge in [0, 0.05) is 10.6 Å². The lowest BCUT2D eigenvalue weighted by atomic mass is 10.3. The molecule has 1 atom stereocenters. The van der Waals surface area contributed by atoms with Gasteiger partial charge in [0.2, 0.25) is 11.9 Å². The molecule has 0 fully saturated rings. The van der Waals surface area contributed by atoms with Crippen molar-refractivity contribution in [2.24, 2.45) is 0 Å². The van der Waals surface area contributed by atoms with Gasteiger partial charge >= 0.3 is 0 Å². The van der Waals surface area contributed by atoms with Crippen LogP contribution in [-0.2, 0) is 0 Å². The maximum atomic E-state index is 5.87. The fourth-order valence-corrected chi connectivity index (χ4v) is 3.25. The molecule has 1 unspecified atom stereocenters. The van der Waals surface area contributed by atoms with Crippen LogP contribution in [0, 0.1) is 0 Å². The minimum absolute atomic E-state index is 0.0227. The normalized spacial score (nSPS) is 11.8. The smallest absolute Gasteiger partial charge is 0.232 e. The van der Waals surface area contributed by atoms with Gasteiger partial charge in [-0.2, -0.15) is 15.0 Å². The number of benzene rings is 2.